The highest BCUT2D eigenvalue weighted by atomic mass is 16.7. The highest BCUT2D eigenvalue weighted by Crippen LogP contribution is 2.24. The van der Waals surface area contributed by atoms with Crippen LogP contribution in [-0.4, -0.2) is 18.4 Å². The van der Waals surface area contributed by atoms with E-state index < -0.39 is 5.79 Å². The van der Waals surface area contributed by atoms with E-state index in [0.29, 0.717) is 11.3 Å². The smallest absolute Gasteiger partial charge is 0.338 e. The molecule has 2 rings (SSSR count). The summed E-state index contributed by atoms with van der Waals surface area (Å²) in [6.07, 6.45) is 1.47. The van der Waals surface area contributed by atoms with Crippen molar-refractivity contribution in [3.05, 3.63) is 47.9 Å². The van der Waals surface area contributed by atoms with Gasteiger partial charge in [-0.3, -0.25) is 0 Å². The number of carbonyl (C=O) groups is 1. The van der Waals surface area contributed by atoms with Crippen LogP contribution in [0.2, 0.25) is 0 Å². The van der Waals surface area contributed by atoms with Crippen LogP contribution in [0, 0.1) is 0 Å². The molecular weight excluding hydrogens is 220 g/mol. The molecular formula is C13H14O4. The van der Waals surface area contributed by atoms with E-state index >= 15 is 0 Å². The molecule has 0 N–H and O–H groups in total. The molecule has 0 spiro atoms. The van der Waals surface area contributed by atoms with Crippen molar-refractivity contribution in [2.45, 2.75) is 19.6 Å². The van der Waals surface area contributed by atoms with E-state index in [0.717, 1.165) is 0 Å². The van der Waals surface area contributed by atoms with Gasteiger partial charge in [-0.05, 0) is 12.1 Å². The summed E-state index contributed by atoms with van der Waals surface area (Å²) in [5, 5.41) is 0. The van der Waals surface area contributed by atoms with E-state index in [-0.39, 0.29) is 12.6 Å². The van der Waals surface area contributed by atoms with Crippen molar-refractivity contribution in [3.8, 4) is 0 Å². The average molecular weight is 234 g/mol. The Morgan fingerprint density at radius 1 is 1.29 bits per heavy atom. The van der Waals surface area contributed by atoms with Crippen LogP contribution in [0.5, 0.6) is 0 Å². The van der Waals surface area contributed by atoms with Gasteiger partial charge in [-0.1, -0.05) is 18.2 Å². The van der Waals surface area contributed by atoms with Gasteiger partial charge < -0.3 is 14.2 Å². The van der Waals surface area contributed by atoms with E-state index in [1.165, 1.54) is 6.26 Å². The maximum atomic E-state index is 11.6. The van der Waals surface area contributed by atoms with Gasteiger partial charge in [0.1, 0.15) is 6.26 Å². The first-order valence-electron chi connectivity index (χ1n) is 5.35. The Kier molecular flexibility index (Phi) is 3.04. The average Bonchev–Trinajstić information content (AvgIpc) is 2.67. The van der Waals surface area contributed by atoms with Crippen molar-refractivity contribution in [1.82, 2.24) is 0 Å². The Morgan fingerprint density at radius 3 is 2.59 bits per heavy atom. The van der Waals surface area contributed by atoms with Gasteiger partial charge in [-0.25, -0.2) is 4.79 Å². The first-order chi connectivity index (χ1) is 8.07. The summed E-state index contributed by atoms with van der Waals surface area (Å²) in [6.45, 7) is 3.65. The van der Waals surface area contributed by atoms with E-state index in [9.17, 15) is 4.79 Å². The molecule has 17 heavy (non-hydrogen) atoms. The minimum Gasteiger partial charge on any atom is -0.457 e. The Labute approximate surface area is 99.8 Å². The fourth-order valence-electron chi connectivity index (χ4n) is 1.43. The molecule has 4 nitrogen and oxygen atoms in total. The lowest BCUT2D eigenvalue weighted by molar-refractivity contribution is -0.120. The second-order valence-electron chi connectivity index (χ2n) is 4.15. The summed E-state index contributed by atoms with van der Waals surface area (Å²) in [5.74, 6) is -0.534. The molecule has 0 radical (unpaired) electrons. The second kappa shape index (κ2) is 4.49. The standard InChI is InChI=1S/C13H14O4/c1-13(2)16-9-11(17-13)8-15-12(14)10-6-4-3-5-7-10/h3-7,9H,8H2,1-2H3. The molecule has 1 aliphatic heterocycles. The highest BCUT2D eigenvalue weighted by molar-refractivity contribution is 5.89. The Bertz CT molecular complexity index is 434. The molecule has 0 fully saturated rings. The monoisotopic (exact) mass is 234 g/mol. The molecule has 0 saturated heterocycles. The summed E-state index contributed by atoms with van der Waals surface area (Å²) in [7, 11) is 0. The van der Waals surface area contributed by atoms with Crippen LogP contribution in [0.25, 0.3) is 0 Å². The van der Waals surface area contributed by atoms with Crippen molar-refractivity contribution >= 4 is 5.97 Å². The van der Waals surface area contributed by atoms with Gasteiger partial charge in [-0.15, -0.1) is 0 Å². The lowest BCUT2D eigenvalue weighted by atomic mass is 10.2. The number of rotatable bonds is 3. The summed E-state index contributed by atoms with van der Waals surface area (Å²) in [5.41, 5.74) is 0.520. The molecule has 4 heteroatoms. The summed E-state index contributed by atoms with van der Waals surface area (Å²) >= 11 is 0. The van der Waals surface area contributed by atoms with Crippen molar-refractivity contribution in [2.75, 3.05) is 6.61 Å². The lowest BCUT2D eigenvalue weighted by Crippen LogP contribution is -2.21. The van der Waals surface area contributed by atoms with Gasteiger partial charge in [0.05, 0.1) is 5.56 Å². The quantitative estimate of drug-likeness (QED) is 0.753. The molecule has 1 aromatic rings. The Hall–Kier alpha value is -1.97. The van der Waals surface area contributed by atoms with Crippen LogP contribution in [-0.2, 0) is 14.2 Å². The van der Waals surface area contributed by atoms with E-state index in [4.69, 9.17) is 14.2 Å². The molecule has 0 saturated carbocycles. The molecule has 0 amide bonds. The van der Waals surface area contributed by atoms with Gasteiger partial charge in [0.25, 0.3) is 0 Å². The third-order valence-corrected chi connectivity index (χ3v) is 2.21. The van der Waals surface area contributed by atoms with E-state index in [2.05, 4.69) is 0 Å². The van der Waals surface area contributed by atoms with Crippen molar-refractivity contribution in [3.63, 3.8) is 0 Å². The molecule has 0 unspecified atom stereocenters. The maximum absolute atomic E-state index is 11.6. The normalized spacial score (nSPS) is 16.7. The first-order valence-corrected chi connectivity index (χ1v) is 5.35. The van der Waals surface area contributed by atoms with Crippen LogP contribution in [0.4, 0.5) is 0 Å². The van der Waals surface area contributed by atoms with Crippen LogP contribution in [0.15, 0.2) is 42.4 Å². The zero-order valence-electron chi connectivity index (χ0n) is 9.80. The zero-order chi connectivity index (χ0) is 12.3. The molecule has 1 heterocycles. The molecule has 0 bridgehead atoms. The number of ether oxygens (including phenoxy) is 3. The summed E-state index contributed by atoms with van der Waals surface area (Å²) in [6, 6.07) is 8.82. The molecule has 0 atom stereocenters. The van der Waals surface area contributed by atoms with Crippen molar-refractivity contribution in [1.29, 1.82) is 0 Å². The minimum absolute atomic E-state index is 0.0805. The topological polar surface area (TPSA) is 44.8 Å². The number of carbonyl (C=O) groups excluding carboxylic acids is 1. The van der Waals surface area contributed by atoms with Gasteiger partial charge >= 0.3 is 5.97 Å². The van der Waals surface area contributed by atoms with Gasteiger partial charge in [0.2, 0.25) is 5.79 Å². The third kappa shape index (κ3) is 3.00. The maximum Gasteiger partial charge on any atom is 0.338 e. The van der Waals surface area contributed by atoms with Crippen LogP contribution in [0.3, 0.4) is 0 Å². The minimum atomic E-state index is -0.672. The molecule has 0 aromatic heterocycles. The van der Waals surface area contributed by atoms with Crippen LogP contribution < -0.4 is 0 Å². The molecule has 1 aromatic carbocycles. The van der Waals surface area contributed by atoms with E-state index in [1.807, 2.05) is 6.07 Å². The van der Waals surface area contributed by atoms with Crippen molar-refractivity contribution < 1.29 is 19.0 Å². The second-order valence-corrected chi connectivity index (χ2v) is 4.15. The summed E-state index contributed by atoms with van der Waals surface area (Å²) < 4.78 is 15.7. The van der Waals surface area contributed by atoms with Crippen molar-refractivity contribution in [2.24, 2.45) is 0 Å². The SMILES string of the molecule is CC1(C)OC=C(COC(=O)c2ccccc2)O1. The first kappa shape index (κ1) is 11.5. The molecule has 90 valence electrons. The third-order valence-electron chi connectivity index (χ3n) is 2.21. The Balaban J connectivity index is 1.86. The number of esters is 1. The predicted molar refractivity (Wildman–Crippen MR) is 61.1 cm³/mol. The molecule has 0 aliphatic carbocycles. The molecule has 1 aliphatic rings. The van der Waals surface area contributed by atoms with E-state index in [1.54, 1.807) is 38.1 Å². The number of hydrogen-bond acceptors (Lipinski definition) is 4. The predicted octanol–water partition coefficient (Wildman–Crippen LogP) is 2.47. The van der Waals surface area contributed by atoms with Gasteiger partial charge in [0.15, 0.2) is 12.4 Å². The number of benzene rings is 1. The lowest BCUT2D eigenvalue weighted by Gasteiger charge is -2.18. The van der Waals surface area contributed by atoms with Crippen LogP contribution >= 0.6 is 0 Å². The van der Waals surface area contributed by atoms with Crippen LogP contribution in [0.1, 0.15) is 24.2 Å². The Morgan fingerprint density at radius 2 is 2.00 bits per heavy atom. The highest BCUT2D eigenvalue weighted by Gasteiger charge is 2.28. The number of hydrogen-bond donors (Lipinski definition) is 0. The zero-order valence-corrected chi connectivity index (χ0v) is 9.80. The fraction of sp³-hybridized carbons (Fsp3) is 0.308. The largest absolute Gasteiger partial charge is 0.457 e. The van der Waals surface area contributed by atoms with Gasteiger partial charge in [-0.2, -0.15) is 0 Å². The summed E-state index contributed by atoms with van der Waals surface area (Å²) in [4.78, 5) is 11.6. The van der Waals surface area contributed by atoms with Gasteiger partial charge in [0, 0.05) is 13.8 Å². The fourth-order valence-corrected chi connectivity index (χ4v) is 1.43.